The summed E-state index contributed by atoms with van der Waals surface area (Å²) in [5, 5.41) is 5.58. The van der Waals surface area contributed by atoms with Gasteiger partial charge in [-0.1, -0.05) is 32.6 Å². The molecule has 0 bridgehead atoms. The van der Waals surface area contributed by atoms with Gasteiger partial charge < -0.3 is 10.6 Å². The molecule has 1 saturated heterocycles. The fraction of sp³-hybridized carbons (Fsp3) is 0.846. The highest BCUT2D eigenvalue weighted by molar-refractivity contribution is 5.87. The van der Waals surface area contributed by atoms with Gasteiger partial charge in [0.2, 0.25) is 11.8 Å². The number of nitrogens with one attached hydrogen (secondary N) is 2. The minimum absolute atomic E-state index is 0.0172. The van der Waals surface area contributed by atoms with Crippen molar-refractivity contribution in [1.29, 1.82) is 0 Å². The van der Waals surface area contributed by atoms with E-state index in [1.54, 1.807) is 0 Å². The molecular weight excluding hydrogens is 216 g/mol. The molecule has 1 rings (SSSR count). The average Bonchev–Trinajstić information content (AvgIpc) is 2.32. The molecule has 0 unspecified atom stereocenters. The second-order valence-corrected chi connectivity index (χ2v) is 4.72. The highest BCUT2D eigenvalue weighted by atomic mass is 16.2. The summed E-state index contributed by atoms with van der Waals surface area (Å²) in [6, 6.07) is -0.299. The van der Waals surface area contributed by atoms with Crippen molar-refractivity contribution in [2.75, 3.05) is 6.54 Å². The summed E-state index contributed by atoms with van der Waals surface area (Å²) < 4.78 is 0. The second-order valence-electron chi connectivity index (χ2n) is 4.72. The van der Waals surface area contributed by atoms with E-state index in [0.29, 0.717) is 6.42 Å². The third-order valence-corrected chi connectivity index (χ3v) is 3.13. The van der Waals surface area contributed by atoms with Crippen LogP contribution in [0.5, 0.6) is 0 Å². The maximum absolute atomic E-state index is 11.6. The largest absolute Gasteiger partial charge is 0.354 e. The molecule has 1 aliphatic heterocycles. The smallest absolute Gasteiger partial charge is 0.242 e. The predicted molar refractivity (Wildman–Crippen MR) is 67.6 cm³/mol. The summed E-state index contributed by atoms with van der Waals surface area (Å²) in [5.74, 6) is -0.0147. The number of hydrogen-bond acceptors (Lipinski definition) is 2. The molecule has 0 aromatic heterocycles. The molecule has 17 heavy (non-hydrogen) atoms. The van der Waals surface area contributed by atoms with Crippen LogP contribution in [0.25, 0.3) is 0 Å². The highest BCUT2D eigenvalue weighted by Gasteiger charge is 2.22. The maximum Gasteiger partial charge on any atom is 0.242 e. The Balaban J connectivity index is 2.09. The summed E-state index contributed by atoms with van der Waals surface area (Å²) in [6.45, 7) is 2.91. The zero-order valence-electron chi connectivity index (χ0n) is 10.8. The molecule has 0 aliphatic carbocycles. The first kappa shape index (κ1) is 14.0. The Morgan fingerprint density at radius 3 is 2.82 bits per heavy atom. The Hall–Kier alpha value is -1.06. The van der Waals surface area contributed by atoms with Crippen LogP contribution in [0.3, 0.4) is 0 Å². The summed E-state index contributed by atoms with van der Waals surface area (Å²) in [5.41, 5.74) is 0. The molecule has 1 aliphatic rings. The van der Waals surface area contributed by atoms with Gasteiger partial charge in [-0.15, -0.1) is 0 Å². The van der Waals surface area contributed by atoms with Crippen molar-refractivity contribution in [1.82, 2.24) is 10.6 Å². The van der Waals surface area contributed by atoms with Crippen molar-refractivity contribution >= 4 is 11.8 Å². The summed E-state index contributed by atoms with van der Waals surface area (Å²) >= 11 is 0. The Bertz CT molecular complexity index is 254. The molecule has 98 valence electrons. The monoisotopic (exact) mass is 240 g/mol. The lowest BCUT2D eigenvalue weighted by Crippen LogP contribution is -2.50. The van der Waals surface area contributed by atoms with Gasteiger partial charge in [-0.2, -0.15) is 0 Å². The van der Waals surface area contributed by atoms with E-state index >= 15 is 0 Å². The number of carbonyl (C=O) groups is 2. The van der Waals surface area contributed by atoms with E-state index in [0.717, 1.165) is 32.2 Å². The second kappa shape index (κ2) is 8.09. The number of piperidine rings is 1. The van der Waals surface area contributed by atoms with Crippen LogP contribution < -0.4 is 10.6 Å². The van der Waals surface area contributed by atoms with E-state index in [2.05, 4.69) is 17.6 Å². The summed E-state index contributed by atoms with van der Waals surface area (Å²) in [7, 11) is 0. The topological polar surface area (TPSA) is 58.2 Å². The van der Waals surface area contributed by atoms with Crippen molar-refractivity contribution in [3.63, 3.8) is 0 Å². The van der Waals surface area contributed by atoms with Crippen molar-refractivity contribution in [2.45, 2.75) is 64.3 Å². The molecule has 0 aromatic carbocycles. The molecule has 2 amide bonds. The minimum atomic E-state index is -0.299. The van der Waals surface area contributed by atoms with E-state index in [4.69, 9.17) is 0 Å². The lowest BCUT2D eigenvalue weighted by atomic mass is 10.1. The molecule has 1 atom stereocenters. The Kier molecular flexibility index (Phi) is 6.67. The van der Waals surface area contributed by atoms with E-state index in [1.165, 1.54) is 19.3 Å². The van der Waals surface area contributed by atoms with Crippen LogP contribution in [0.15, 0.2) is 0 Å². The van der Waals surface area contributed by atoms with Crippen LogP contribution in [0.1, 0.15) is 58.3 Å². The van der Waals surface area contributed by atoms with Crippen LogP contribution in [-0.2, 0) is 9.59 Å². The molecule has 4 heteroatoms. The van der Waals surface area contributed by atoms with E-state index < -0.39 is 0 Å². The van der Waals surface area contributed by atoms with Crippen LogP contribution in [0.2, 0.25) is 0 Å². The van der Waals surface area contributed by atoms with Crippen molar-refractivity contribution in [2.24, 2.45) is 0 Å². The van der Waals surface area contributed by atoms with Gasteiger partial charge >= 0.3 is 0 Å². The SMILES string of the molecule is CCCCCCCC(=O)N[C@H]1CCCNC1=O. The van der Waals surface area contributed by atoms with Gasteiger partial charge in [-0.3, -0.25) is 9.59 Å². The first-order valence-corrected chi connectivity index (χ1v) is 6.81. The Morgan fingerprint density at radius 1 is 1.35 bits per heavy atom. The van der Waals surface area contributed by atoms with Crippen LogP contribution >= 0.6 is 0 Å². The lowest BCUT2D eigenvalue weighted by molar-refractivity contribution is -0.130. The quantitative estimate of drug-likeness (QED) is 0.666. The van der Waals surface area contributed by atoms with Gasteiger partial charge in [-0.05, 0) is 19.3 Å². The van der Waals surface area contributed by atoms with Crippen LogP contribution in [0.4, 0.5) is 0 Å². The summed E-state index contributed by atoms with van der Waals surface area (Å²) in [6.07, 6.45) is 7.97. The maximum atomic E-state index is 11.6. The number of unbranched alkanes of at least 4 members (excludes halogenated alkanes) is 4. The lowest BCUT2D eigenvalue weighted by Gasteiger charge is -2.22. The first-order chi connectivity index (χ1) is 8.24. The molecular formula is C13H24N2O2. The van der Waals surface area contributed by atoms with E-state index in [9.17, 15) is 9.59 Å². The molecule has 2 N–H and O–H groups in total. The normalized spacial score (nSPS) is 19.8. The van der Waals surface area contributed by atoms with Crippen LogP contribution in [0, 0.1) is 0 Å². The number of amides is 2. The highest BCUT2D eigenvalue weighted by Crippen LogP contribution is 2.07. The third kappa shape index (κ3) is 5.71. The number of hydrogen-bond donors (Lipinski definition) is 2. The van der Waals surface area contributed by atoms with Gasteiger partial charge in [0.05, 0.1) is 0 Å². The first-order valence-electron chi connectivity index (χ1n) is 6.81. The molecule has 0 aromatic rings. The predicted octanol–water partition coefficient (Wildman–Crippen LogP) is 1.74. The fourth-order valence-electron chi connectivity index (χ4n) is 2.07. The minimum Gasteiger partial charge on any atom is -0.354 e. The van der Waals surface area contributed by atoms with Crippen molar-refractivity contribution < 1.29 is 9.59 Å². The third-order valence-electron chi connectivity index (χ3n) is 3.13. The zero-order chi connectivity index (χ0) is 12.5. The Labute approximate surface area is 104 Å². The fourth-order valence-corrected chi connectivity index (χ4v) is 2.07. The number of carbonyl (C=O) groups excluding carboxylic acids is 2. The van der Waals surface area contributed by atoms with Crippen LogP contribution in [-0.4, -0.2) is 24.4 Å². The average molecular weight is 240 g/mol. The molecule has 0 radical (unpaired) electrons. The molecule has 0 saturated carbocycles. The van der Waals surface area contributed by atoms with Gasteiger partial charge in [-0.25, -0.2) is 0 Å². The van der Waals surface area contributed by atoms with Gasteiger partial charge in [0.15, 0.2) is 0 Å². The van der Waals surface area contributed by atoms with Gasteiger partial charge in [0.1, 0.15) is 6.04 Å². The van der Waals surface area contributed by atoms with Crippen molar-refractivity contribution in [3.05, 3.63) is 0 Å². The van der Waals surface area contributed by atoms with E-state index in [-0.39, 0.29) is 17.9 Å². The van der Waals surface area contributed by atoms with Crippen molar-refractivity contribution in [3.8, 4) is 0 Å². The standard InChI is InChI=1S/C13H24N2O2/c1-2-3-4-5-6-9-12(16)15-11-8-7-10-14-13(11)17/h11H,2-10H2,1H3,(H,14,17)(H,15,16)/t11-/m0/s1. The Morgan fingerprint density at radius 2 is 2.12 bits per heavy atom. The van der Waals surface area contributed by atoms with E-state index in [1.807, 2.05) is 0 Å². The zero-order valence-corrected chi connectivity index (χ0v) is 10.8. The molecule has 4 nitrogen and oxygen atoms in total. The van der Waals surface area contributed by atoms with Gasteiger partial charge in [0.25, 0.3) is 0 Å². The molecule has 1 fully saturated rings. The molecule has 1 heterocycles. The van der Waals surface area contributed by atoms with Gasteiger partial charge in [0, 0.05) is 13.0 Å². The summed E-state index contributed by atoms with van der Waals surface area (Å²) in [4.78, 5) is 23.0. The number of rotatable bonds is 7. The molecule has 0 spiro atoms.